The molecule has 2 aliphatic heterocycles. The number of carboxylic acid groups (broad SMARTS) is 1. The zero-order valence-electron chi connectivity index (χ0n) is 15.6. The molecule has 9 heteroatoms. The Hall–Kier alpha value is -1.84. The van der Waals surface area contributed by atoms with Crippen LogP contribution in [0.25, 0.3) is 0 Å². The molecule has 1 aromatic carbocycles. The monoisotopic (exact) mass is 398 g/mol. The number of piperazine rings is 1. The Bertz CT molecular complexity index is 787. The molecule has 3 rings (SSSR count). The lowest BCUT2D eigenvalue weighted by Crippen LogP contribution is -2.54. The first kappa shape index (κ1) is 19.9. The normalized spacial score (nSPS) is 19.8. The zero-order valence-corrected chi connectivity index (χ0v) is 16.4. The van der Waals surface area contributed by atoms with E-state index in [0.717, 1.165) is 0 Å². The van der Waals surface area contributed by atoms with E-state index < -0.39 is 22.0 Å². The standard InChI is InChI=1S/C18H26N2O6S/c1-13(2)11-15(18(21)22)19-5-7-20(8-6-19)27(23,24)14-3-4-16-17(12-14)26-10-9-25-16/h3-4,12-13,15H,5-11H2,1-2H3,(H,21,22). The van der Waals surface area contributed by atoms with Crippen molar-refractivity contribution in [1.29, 1.82) is 0 Å². The third kappa shape index (κ3) is 4.36. The van der Waals surface area contributed by atoms with E-state index in [9.17, 15) is 18.3 Å². The molecular weight excluding hydrogens is 372 g/mol. The lowest BCUT2D eigenvalue weighted by molar-refractivity contribution is -0.144. The summed E-state index contributed by atoms with van der Waals surface area (Å²) in [4.78, 5) is 13.6. The smallest absolute Gasteiger partial charge is 0.320 e. The lowest BCUT2D eigenvalue weighted by atomic mass is 10.0. The minimum absolute atomic E-state index is 0.164. The van der Waals surface area contributed by atoms with Crippen LogP contribution >= 0.6 is 0 Å². The van der Waals surface area contributed by atoms with Crippen LogP contribution in [0, 0.1) is 5.92 Å². The van der Waals surface area contributed by atoms with Crippen LogP contribution in [0.3, 0.4) is 0 Å². The molecule has 1 aromatic rings. The summed E-state index contributed by atoms with van der Waals surface area (Å²) in [5.41, 5.74) is 0. The number of hydrogen-bond acceptors (Lipinski definition) is 6. The van der Waals surface area contributed by atoms with Crippen molar-refractivity contribution in [3.05, 3.63) is 18.2 Å². The highest BCUT2D eigenvalue weighted by Gasteiger charge is 2.34. The Balaban J connectivity index is 1.70. The minimum Gasteiger partial charge on any atom is -0.486 e. The van der Waals surface area contributed by atoms with Crippen LogP contribution in [0.2, 0.25) is 0 Å². The van der Waals surface area contributed by atoms with Gasteiger partial charge in [0.05, 0.1) is 4.90 Å². The van der Waals surface area contributed by atoms with Gasteiger partial charge in [-0.1, -0.05) is 13.8 Å². The van der Waals surface area contributed by atoms with Crippen LogP contribution in [-0.4, -0.2) is 74.1 Å². The van der Waals surface area contributed by atoms with Gasteiger partial charge in [-0.2, -0.15) is 4.31 Å². The fourth-order valence-corrected chi connectivity index (χ4v) is 4.88. The molecule has 27 heavy (non-hydrogen) atoms. The molecule has 1 atom stereocenters. The van der Waals surface area contributed by atoms with E-state index in [4.69, 9.17) is 9.47 Å². The van der Waals surface area contributed by atoms with Gasteiger partial charge in [-0.25, -0.2) is 8.42 Å². The summed E-state index contributed by atoms with van der Waals surface area (Å²) in [6.45, 7) is 6.12. The third-order valence-electron chi connectivity index (χ3n) is 4.85. The second-order valence-corrected chi connectivity index (χ2v) is 9.17. The fraction of sp³-hybridized carbons (Fsp3) is 0.611. The van der Waals surface area contributed by atoms with Crippen molar-refractivity contribution < 1.29 is 27.8 Å². The van der Waals surface area contributed by atoms with E-state index >= 15 is 0 Å². The van der Waals surface area contributed by atoms with E-state index in [-0.39, 0.29) is 23.9 Å². The number of ether oxygens (including phenoxy) is 2. The molecule has 0 amide bonds. The first-order valence-electron chi connectivity index (χ1n) is 9.15. The molecule has 0 aliphatic carbocycles. The maximum absolute atomic E-state index is 13.0. The number of carbonyl (C=O) groups is 1. The van der Waals surface area contributed by atoms with Gasteiger partial charge in [-0.15, -0.1) is 0 Å². The van der Waals surface area contributed by atoms with E-state index in [0.29, 0.717) is 44.2 Å². The van der Waals surface area contributed by atoms with Crippen molar-refractivity contribution in [2.24, 2.45) is 5.92 Å². The number of nitrogens with zero attached hydrogens (tertiary/aromatic N) is 2. The molecule has 0 saturated carbocycles. The molecule has 0 radical (unpaired) electrons. The molecule has 2 heterocycles. The average Bonchev–Trinajstić information content (AvgIpc) is 2.65. The summed E-state index contributed by atoms with van der Waals surface area (Å²) >= 11 is 0. The van der Waals surface area contributed by atoms with Gasteiger partial charge in [0.25, 0.3) is 0 Å². The minimum atomic E-state index is -3.66. The first-order chi connectivity index (χ1) is 12.8. The molecule has 0 aromatic heterocycles. The summed E-state index contributed by atoms with van der Waals surface area (Å²) in [7, 11) is -3.66. The van der Waals surface area contributed by atoms with Crippen LogP contribution < -0.4 is 9.47 Å². The summed E-state index contributed by atoms with van der Waals surface area (Å²) in [5.74, 6) is 0.379. The van der Waals surface area contributed by atoms with Crippen LogP contribution in [0.4, 0.5) is 0 Å². The Labute approximate surface area is 159 Å². The van der Waals surface area contributed by atoms with Gasteiger partial charge < -0.3 is 14.6 Å². The molecule has 1 N–H and O–H groups in total. The maximum atomic E-state index is 13.0. The highest BCUT2D eigenvalue weighted by atomic mass is 32.2. The second kappa shape index (κ2) is 8.04. The maximum Gasteiger partial charge on any atom is 0.320 e. The highest BCUT2D eigenvalue weighted by Crippen LogP contribution is 2.33. The Kier molecular flexibility index (Phi) is 5.92. The van der Waals surface area contributed by atoms with Gasteiger partial charge in [0.2, 0.25) is 10.0 Å². The summed E-state index contributed by atoms with van der Waals surface area (Å²) in [6, 6.07) is 4.05. The molecule has 1 fully saturated rings. The number of aliphatic carboxylic acids is 1. The number of benzene rings is 1. The molecule has 1 unspecified atom stereocenters. The van der Waals surface area contributed by atoms with Crippen LogP contribution in [0.1, 0.15) is 20.3 Å². The Morgan fingerprint density at radius 3 is 2.33 bits per heavy atom. The molecule has 2 aliphatic rings. The number of sulfonamides is 1. The van der Waals surface area contributed by atoms with Crippen LogP contribution in [-0.2, 0) is 14.8 Å². The van der Waals surface area contributed by atoms with Crippen molar-refractivity contribution in [2.75, 3.05) is 39.4 Å². The van der Waals surface area contributed by atoms with Crippen molar-refractivity contribution in [2.45, 2.75) is 31.2 Å². The van der Waals surface area contributed by atoms with Gasteiger partial charge in [0.15, 0.2) is 11.5 Å². The Morgan fingerprint density at radius 1 is 1.11 bits per heavy atom. The van der Waals surface area contributed by atoms with Crippen molar-refractivity contribution in [3.63, 3.8) is 0 Å². The van der Waals surface area contributed by atoms with Crippen molar-refractivity contribution in [3.8, 4) is 11.5 Å². The topological polar surface area (TPSA) is 96.4 Å². The number of carboxylic acids is 1. The molecule has 150 valence electrons. The summed E-state index contributed by atoms with van der Waals surface area (Å²) in [6.07, 6.45) is 0.546. The predicted molar refractivity (Wildman–Crippen MR) is 98.6 cm³/mol. The van der Waals surface area contributed by atoms with Gasteiger partial charge in [-0.3, -0.25) is 9.69 Å². The van der Waals surface area contributed by atoms with Gasteiger partial charge in [0.1, 0.15) is 19.3 Å². The summed E-state index contributed by atoms with van der Waals surface area (Å²) < 4.78 is 38.2. The predicted octanol–water partition coefficient (Wildman–Crippen LogP) is 1.26. The summed E-state index contributed by atoms with van der Waals surface area (Å²) in [5, 5.41) is 9.49. The van der Waals surface area contributed by atoms with Crippen LogP contribution in [0.5, 0.6) is 11.5 Å². The van der Waals surface area contributed by atoms with Gasteiger partial charge >= 0.3 is 5.97 Å². The second-order valence-electron chi connectivity index (χ2n) is 7.23. The van der Waals surface area contributed by atoms with E-state index in [1.807, 2.05) is 18.7 Å². The third-order valence-corrected chi connectivity index (χ3v) is 6.74. The molecule has 0 bridgehead atoms. The van der Waals surface area contributed by atoms with Crippen molar-refractivity contribution in [1.82, 2.24) is 9.21 Å². The number of rotatable bonds is 6. The highest BCUT2D eigenvalue weighted by molar-refractivity contribution is 7.89. The van der Waals surface area contributed by atoms with Crippen molar-refractivity contribution >= 4 is 16.0 Å². The molecule has 0 spiro atoms. The Morgan fingerprint density at radius 2 is 1.74 bits per heavy atom. The lowest BCUT2D eigenvalue weighted by Gasteiger charge is -2.37. The molecule has 8 nitrogen and oxygen atoms in total. The van der Waals surface area contributed by atoms with Gasteiger partial charge in [-0.05, 0) is 24.5 Å². The fourth-order valence-electron chi connectivity index (χ4n) is 3.44. The molecular formula is C18H26N2O6S. The van der Waals surface area contributed by atoms with E-state index in [1.54, 1.807) is 6.07 Å². The SMILES string of the molecule is CC(C)CC(C(=O)O)N1CCN(S(=O)(=O)c2ccc3c(c2)OCCO3)CC1. The van der Waals surface area contributed by atoms with Gasteiger partial charge in [0, 0.05) is 32.2 Å². The quantitative estimate of drug-likeness (QED) is 0.771. The average molecular weight is 398 g/mol. The molecule has 1 saturated heterocycles. The van der Waals surface area contributed by atoms with Crippen LogP contribution in [0.15, 0.2) is 23.1 Å². The zero-order chi connectivity index (χ0) is 19.6. The van der Waals surface area contributed by atoms with E-state index in [1.165, 1.54) is 16.4 Å². The van der Waals surface area contributed by atoms with E-state index in [2.05, 4.69) is 0 Å². The number of hydrogen-bond donors (Lipinski definition) is 1. The largest absolute Gasteiger partial charge is 0.486 e. The first-order valence-corrected chi connectivity index (χ1v) is 10.6. The number of fused-ring (bicyclic) bond motifs is 1.